The van der Waals surface area contributed by atoms with Gasteiger partial charge in [0.25, 0.3) is 0 Å². The Hall–Kier alpha value is -3.88. The van der Waals surface area contributed by atoms with Gasteiger partial charge in [0, 0.05) is 42.6 Å². The number of rotatable bonds is 10. The smallest absolute Gasteiger partial charge is 0.221 e. The van der Waals surface area contributed by atoms with E-state index in [0.29, 0.717) is 35.7 Å². The lowest BCUT2D eigenvalue weighted by molar-refractivity contribution is 0.112. The molecule has 0 saturated heterocycles. The maximum Gasteiger partial charge on any atom is 0.221 e. The molecule has 1 aliphatic carbocycles. The van der Waals surface area contributed by atoms with E-state index in [1.54, 1.807) is 23.0 Å². The number of pyridine rings is 1. The Labute approximate surface area is 229 Å². The second-order valence-electron chi connectivity index (χ2n) is 11.6. The van der Waals surface area contributed by atoms with Crippen molar-refractivity contribution in [3.05, 3.63) is 53.4 Å². The van der Waals surface area contributed by atoms with E-state index in [1.165, 1.54) is 18.4 Å². The molecule has 1 aromatic carbocycles. The molecule has 1 atom stereocenters. The number of imidazole rings is 1. The number of carbonyl (C=O) groups is 1. The highest BCUT2D eigenvalue weighted by Gasteiger charge is 2.33. The van der Waals surface area contributed by atoms with E-state index in [2.05, 4.69) is 68.9 Å². The molecule has 2 N–H and O–H groups in total. The number of aryl methyl sites for hydroxylation is 2. The Bertz CT molecular complexity index is 1550. The summed E-state index contributed by atoms with van der Waals surface area (Å²) >= 11 is 0. The number of nitrogens with one attached hydrogen (secondary N) is 2. The van der Waals surface area contributed by atoms with Crippen LogP contribution in [0, 0.1) is 12.8 Å². The zero-order valence-electron chi connectivity index (χ0n) is 23.8. The van der Waals surface area contributed by atoms with Gasteiger partial charge in [-0.25, -0.2) is 4.68 Å². The highest BCUT2D eigenvalue weighted by molar-refractivity contribution is 5.80. The Kier molecular flexibility index (Phi) is 7.34. The molecule has 1 fully saturated rings. The van der Waals surface area contributed by atoms with Crippen molar-refractivity contribution in [1.29, 1.82) is 0 Å². The summed E-state index contributed by atoms with van der Waals surface area (Å²) in [6.07, 6.45) is 6.94. The van der Waals surface area contributed by atoms with Gasteiger partial charge in [-0.15, -0.1) is 0 Å². The van der Waals surface area contributed by atoms with Gasteiger partial charge >= 0.3 is 0 Å². The number of hydrogen-bond donors (Lipinski definition) is 2. The van der Waals surface area contributed by atoms with E-state index < -0.39 is 0 Å². The third-order valence-corrected chi connectivity index (χ3v) is 7.11. The fourth-order valence-corrected chi connectivity index (χ4v) is 5.34. The van der Waals surface area contributed by atoms with Gasteiger partial charge in [0.15, 0.2) is 0 Å². The van der Waals surface area contributed by atoms with Crippen LogP contribution in [0.15, 0.2) is 41.5 Å². The van der Waals surface area contributed by atoms with Crippen molar-refractivity contribution >= 4 is 23.0 Å². The third kappa shape index (κ3) is 5.92. The van der Waals surface area contributed by atoms with Crippen LogP contribution in [-0.4, -0.2) is 49.8 Å². The molecule has 0 aliphatic heterocycles. The van der Waals surface area contributed by atoms with Gasteiger partial charge in [0.2, 0.25) is 11.5 Å². The highest BCUT2D eigenvalue weighted by atomic mass is 16.5. The lowest BCUT2D eigenvalue weighted by atomic mass is 10.1. The van der Waals surface area contributed by atoms with Crippen LogP contribution >= 0.6 is 0 Å². The monoisotopic (exact) mass is 529 g/mol. The molecular weight excluding hydrogens is 490 g/mol. The fourth-order valence-electron chi connectivity index (χ4n) is 5.34. The molecule has 1 aliphatic rings. The van der Waals surface area contributed by atoms with Crippen LogP contribution < -0.4 is 15.7 Å². The molecule has 3 heterocycles. The summed E-state index contributed by atoms with van der Waals surface area (Å²) in [5, 5.41) is 7.96. The summed E-state index contributed by atoms with van der Waals surface area (Å²) in [4.78, 5) is 24.1. The highest BCUT2D eigenvalue weighted by Crippen LogP contribution is 2.43. The maximum atomic E-state index is 11.4. The summed E-state index contributed by atoms with van der Waals surface area (Å²) in [6.45, 7) is 8.94. The molecular formula is C30H39N7O2. The van der Waals surface area contributed by atoms with Gasteiger partial charge < -0.3 is 19.6 Å². The molecule has 39 heavy (non-hydrogen) atoms. The molecule has 0 bridgehead atoms. The summed E-state index contributed by atoms with van der Waals surface area (Å²) in [5.74, 6) is 1.31. The van der Waals surface area contributed by atoms with Gasteiger partial charge in [-0.3, -0.25) is 14.8 Å². The van der Waals surface area contributed by atoms with Crippen molar-refractivity contribution in [2.45, 2.75) is 65.0 Å². The van der Waals surface area contributed by atoms with Gasteiger partial charge in [0.05, 0.1) is 35.1 Å². The first kappa shape index (κ1) is 26.7. The molecule has 9 heteroatoms. The first-order valence-corrected chi connectivity index (χ1v) is 13.7. The van der Waals surface area contributed by atoms with Gasteiger partial charge in [-0.1, -0.05) is 0 Å². The topological polar surface area (TPSA) is 102 Å². The number of aldehydes is 1. The van der Waals surface area contributed by atoms with Crippen molar-refractivity contribution in [3.63, 3.8) is 0 Å². The number of aromatic amines is 1. The van der Waals surface area contributed by atoms with Crippen molar-refractivity contribution in [1.82, 2.24) is 24.3 Å². The summed E-state index contributed by atoms with van der Waals surface area (Å²) in [5.41, 5.74) is 7.12. The van der Waals surface area contributed by atoms with E-state index in [1.807, 2.05) is 21.0 Å². The molecule has 3 aromatic heterocycles. The quantitative estimate of drug-likeness (QED) is 0.210. The summed E-state index contributed by atoms with van der Waals surface area (Å²) in [6, 6.07) is 10.4. The number of aromatic nitrogens is 5. The molecule has 1 unspecified atom stereocenters. The van der Waals surface area contributed by atoms with E-state index in [9.17, 15) is 4.79 Å². The molecule has 206 valence electrons. The summed E-state index contributed by atoms with van der Waals surface area (Å²) in [7, 11) is 3.71. The van der Waals surface area contributed by atoms with Gasteiger partial charge in [0.1, 0.15) is 6.29 Å². The fraction of sp³-hybridized carbons (Fsp3) is 0.467. The van der Waals surface area contributed by atoms with Crippen LogP contribution in [0.1, 0.15) is 68.5 Å². The Balaban J connectivity index is 1.33. The van der Waals surface area contributed by atoms with Gasteiger partial charge in [-0.2, -0.15) is 5.10 Å². The number of ether oxygens (including phenoxy) is 1. The summed E-state index contributed by atoms with van der Waals surface area (Å²) < 4.78 is 10.4. The molecule has 5 rings (SSSR count). The van der Waals surface area contributed by atoms with Crippen molar-refractivity contribution in [2.75, 3.05) is 19.0 Å². The zero-order valence-corrected chi connectivity index (χ0v) is 23.8. The predicted octanol–water partition coefficient (Wildman–Crippen LogP) is 5.44. The number of anilines is 1. The normalized spacial score (nSPS) is 15.1. The maximum absolute atomic E-state index is 11.4. The number of fused-ring (bicyclic) bond motifs is 1. The van der Waals surface area contributed by atoms with E-state index in [4.69, 9.17) is 4.74 Å². The number of H-pyrrole nitrogens is 1. The largest absolute Gasteiger partial charge is 0.477 e. The minimum atomic E-state index is -0.00927. The predicted molar refractivity (Wildman–Crippen MR) is 154 cm³/mol. The van der Waals surface area contributed by atoms with Crippen LogP contribution in [0.3, 0.4) is 0 Å². The standard InChI is InChI=1S/C30H39N7O2/c1-19-14-20(18-38)15-24(33-19)23-17-32-36(6)28(23)39-13-7-8-26(21-9-10-21)37-27-12-11-22(35-30(2,3)4)16-25(27)34-29(37)31-5/h11-12,14-18,21,26,35H,7-10,13H2,1-6H3,(H,31,34). The Morgan fingerprint density at radius 3 is 2.74 bits per heavy atom. The Morgan fingerprint density at radius 1 is 1.26 bits per heavy atom. The molecule has 4 aromatic rings. The first-order valence-electron chi connectivity index (χ1n) is 13.7. The van der Waals surface area contributed by atoms with Gasteiger partial charge in [-0.05, 0) is 89.6 Å². The lowest BCUT2D eigenvalue weighted by Crippen LogP contribution is -2.26. The van der Waals surface area contributed by atoms with E-state index in [-0.39, 0.29) is 5.54 Å². The van der Waals surface area contributed by atoms with Crippen LogP contribution in [-0.2, 0) is 7.05 Å². The molecule has 1 saturated carbocycles. The average Bonchev–Trinajstić information content (AvgIpc) is 3.57. The first-order chi connectivity index (χ1) is 18.7. The van der Waals surface area contributed by atoms with E-state index >= 15 is 0 Å². The molecule has 0 amide bonds. The van der Waals surface area contributed by atoms with Crippen LogP contribution in [0.5, 0.6) is 5.88 Å². The minimum Gasteiger partial charge on any atom is -0.477 e. The number of hydrogen-bond acceptors (Lipinski definition) is 6. The zero-order chi connectivity index (χ0) is 27.7. The second kappa shape index (κ2) is 10.7. The SMILES string of the molecule is C/N=c1\[nH]c2cc(NC(C)(C)C)ccc2n1C(CCCOc1c(-c2cc(C=O)cc(C)n2)cnn1C)C1CC1. The third-order valence-electron chi connectivity index (χ3n) is 7.11. The van der Waals surface area contributed by atoms with Crippen molar-refractivity contribution in [3.8, 4) is 17.1 Å². The van der Waals surface area contributed by atoms with Crippen molar-refractivity contribution in [2.24, 2.45) is 18.0 Å². The number of carbonyl (C=O) groups excluding carboxylic acids is 1. The molecule has 0 radical (unpaired) electrons. The van der Waals surface area contributed by atoms with E-state index in [0.717, 1.165) is 47.2 Å². The van der Waals surface area contributed by atoms with Crippen molar-refractivity contribution < 1.29 is 9.53 Å². The van der Waals surface area contributed by atoms with Crippen LogP contribution in [0.25, 0.3) is 22.3 Å². The number of nitrogens with zero attached hydrogens (tertiary/aromatic N) is 5. The molecule has 0 spiro atoms. The Morgan fingerprint density at radius 2 is 2.05 bits per heavy atom. The lowest BCUT2D eigenvalue weighted by Gasteiger charge is -2.22. The minimum absolute atomic E-state index is 0.00927. The van der Waals surface area contributed by atoms with Crippen LogP contribution in [0.2, 0.25) is 0 Å². The molecule has 9 nitrogen and oxygen atoms in total. The second-order valence-corrected chi connectivity index (χ2v) is 11.6. The average molecular weight is 530 g/mol. The number of benzene rings is 1. The van der Waals surface area contributed by atoms with Crippen LogP contribution in [0.4, 0.5) is 5.69 Å².